The minimum Gasteiger partial charge on any atom is -0.508 e. The lowest BCUT2D eigenvalue weighted by molar-refractivity contribution is -0.385. The van der Waals surface area contributed by atoms with E-state index in [-0.39, 0.29) is 30.2 Å². The number of phenols is 1. The Hall–Kier alpha value is -1.51. The van der Waals surface area contributed by atoms with Gasteiger partial charge in [0.05, 0.1) is 18.1 Å². The van der Waals surface area contributed by atoms with E-state index in [1.54, 1.807) is 13.8 Å². The monoisotopic (exact) mass is 387 g/mol. The van der Waals surface area contributed by atoms with Gasteiger partial charge in [0.1, 0.15) is 11.5 Å². The van der Waals surface area contributed by atoms with Gasteiger partial charge in [0.15, 0.2) is 0 Å². The summed E-state index contributed by atoms with van der Waals surface area (Å²) in [5, 5.41) is 21.6. The third-order valence-electron chi connectivity index (χ3n) is 4.30. The first-order valence-corrected chi connectivity index (χ1v) is 10.2. The molecule has 0 radical (unpaired) electrons. The summed E-state index contributed by atoms with van der Waals surface area (Å²) in [4.78, 5) is 14.7. The second kappa shape index (κ2) is 8.92. The lowest BCUT2D eigenvalue weighted by Crippen LogP contribution is -2.46. The Balaban J connectivity index is 2.54. The van der Waals surface area contributed by atoms with E-state index in [0.717, 1.165) is 13.1 Å². The zero-order chi connectivity index (χ0) is 19.3. The molecule has 0 saturated carbocycles. The summed E-state index contributed by atoms with van der Waals surface area (Å²) in [5.74, 6) is -1.07. The normalized spacial score (nSPS) is 18.0. The number of nitro groups is 1. The highest BCUT2D eigenvalue weighted by atomic mass is 31.2. The van der Waals surface area contributed by atoms with Crippen LogP contribution in [-0.4, -0.2) is 66.3 Å². The molecular weight excluding hydrogens is 361 g/mol. The van der Waals surface area contributed by atoms with Gasteiger partial charge in [-0.05, 0) is 27.0 Å². The highest BCUT2D eigenvalue weighted by molar-refractivity contribution is 7.54. The zero-order valence-corrected chi connectivity index (χ0v) is 16.2. The number of aromatic hydroxyl groups is 1. The molecule has 1 saturated heterocycles. The van der Waals surface area contributed by atoms with Crippen molar-refractivity contribution in [2.45, 2.75) is 19.6 Å². The molecule has 1 heterocycles. The van der Waals surface area contributed by atoms with Crippen LogP contribution in [-0.2, 0) is 13.6 Å². The number of likely N-dealkylation sites (N-methyl/N-ethyl adjacent to an activating group) is 1. The first-order chi connectivity index (χ1) is 12.3. The summed E-state index contributed by atoms with van der Waals surface area (Å²) < 4.78 is 24.6. The zero-order valence-electron chi connectivity index (χ0n) is 15.3. The quantitative estimate of drug-likeness (QED) is 0.412. The number of rotatable bonds is 8. The number of phenolic OH excluding ortho intramolecular Hbond substituents is 1. The van der Waals surface area contributed by atoms with E-state index in [0.29, 0.717) is 13.1 Å². The molecule has 1 unspecified atom stereocenters. The first-order valence-electron chi connectivity index (χ1n) is 8.61. The molecule has 1 aromatic rings. The predicted molar refractivity (Wildman–Crippen MR) is 97.4 cm³/mol. The molecule has 0 aromatic heterocycles. The van der Waals surface area contributed by atoms with Crippen molar-refractivity contribution in [2.75, 3.05) is 46.4 Å². The summed E-state index contributed by atoms with van der Waals surface area (Å²) in [6.07, 6.45) is 0. The minimum atomic E-state index is -3.69. The molecule has 0 amide bonds. The Labute approximate surface area is 153 Å². The Morgan fingerprint density at radius 3 is 2.31 bits per heavy atom. The molecule has 2 rings (SSSR count). The first kappa shape index (κ1) is 20.8. The standard InChI is InChI=1S/C16H26N3O6P/c1-4-24-26(23,25-5-2)16(18-10-8-17(3)9-11-18)14-12-13(19(21)22)6-7-15(14)20/h6-7,12,16,20H,4-5,8-11H2,1-3H3. The molecular formula is C16H26N3O6P. The summed E-state index contributed by atoms with van der Waals surface area (Å²) in [5.41, 5.74) is 0.00506. The molecule has 1 aliphatic rings. The lowest BCUT2D eigenvalue weighted by Gasteiger charge is -2.40. The van der Waals surface area contributed by atoms with Gasteiger partial charge in [-0.25, -0.2) is 0 Å². The number of piperazine rings is 1. The number of hydrogen-bond donors (Lipinski definition) is 1. The van der Waals surface area contributed by atoms with Crippen molar-refractivity contribution in [3.05, 3.63) is 33.9 Å². The number of benzene rings is 1. The van der Waals surface area contributed by atoms with Gasteiger partial charge in [0.2, 0.25) is 0 Å². The average molecular weight is 387 g/mol. The maximum atomic E-state index is 13.5. The van der Waals surface area contributed by atoms with Crippen LogP contribution >= 0.6 is 7.60 Å². The van der Waals surface area contributed by atoms with Crippen LogP contribution in [0.1, 0.15) is 25.2 Å². The lowest BCUT2D eigenvalue weighted by atomic mass is 10.1. The fourth-order valence-corrected chi connectivity index (χ4v) is 5.29. The molecule has 0 aliphatic carbocycles. The summed E-state index contributed by atoms with van der Waals surface area (Å²) in [6, 6.07) is 3.72. The molecule has 146 valence electrons. The topological polar surface area (TPSA) is 105 Å². The molecule has 9 nitrogen and oxygen atoms in total. The third kappa shape index (κ3) is 4.61. The average Bonchev–Trinajstić information content (AvgIpc) is 2.58. The summed E-state index contributed by atoms with van der Waals surface area (Å²) >= 11 is 0. The summed E-state index contributed by atoms with van der Waals surface area (Å²) in [6.45, 7) is 6.38. The van der Waals surface area contributed by atoms with Gasteiger partial charge in [-0.15, -0.1) is 0 Å². The van der Waals surface area contributed by atoms with Gasteiger partial charge in [-0.1, -0.05) is 0 Å². The molecule has 1 aliphatic heterocycles. The van der Waals surface area contributed by atoms with E-state index >= 15 is 0 Å². The predicted octanol–water partition coefficient (Wildman–Crippen LogP) is 2.81. The van der Waals surface area contributed by atoms with Crippen LogP contribution in [0.5, 0.6) is 5.75 Å². The van der Waals surface area contributed by atoms with Gasteiger partial charge >= 0.3 is 7.60 Å². The van der Waals surface area contributed by atoms with Gasteiger partial charge < -0.3 is 19.1 Å². The SMILES string of the molecule is CCOP(=O)(OCC)C(c1cc([N+](=O)[O-])ccc1O)N1CCN(C)CC1. The number of nitro benzene ring substituents is 1. The number of hydrogen-bond acceptors (Lipinski definition) is 8. The molecule has 1 atom stereocenters. The molecule has 0 bridgehead atoms. The van der Waals surface area contributed by atoms with Gasteiger partial charge in [-0.2, -0.15) is 0 Å². The molecule has 1 aromatic carbocycles. The number of non-ortho nitro benzene ring substituents is 1. The Bertz CT molecular complexity index is 668. The molecule has 1 fully saturated rings. The van der Waals surface area contributed by atoms with Crippen molar-refractivity contribution in [1.82, 2.24) is 9.80 Å². The summed E-state index contributed by atoms with van der Waals surface area (Å²) in [7, 11) is -1.70. The fourth-order valence-electron chi connectivity index (χ4n) is 3.03. The maximum absolute atomic E-state index is 13.5. The Morgan fingerprint density at radius 2 is 1.81 bits per heavy atom. The minimum absolute atomic E-state index is 0.164. The van der Waals surface area contributed by atoms with Crippen molar-refractivity contribution < 1.29 is 23.6 Å². The van der Waals surface area contributed by atoms with E-state index in [9.17, 15) is 19.8 Å². The van der Waals surface area contributed by atoms with Crippen LogP contribution in [0.25, 0.3) is 0 Å². The van der Waals surface area contributed by atoms with Crippen LogP contribution in [0.2, 0.25) is 0 Å². The molecule has 26 heavy (non-hydrogen) atoms. The van der Waals surface area contributed by atoms with E-state index in [2.05, 4.69) is 4.90 Å². The Morgan fingerprint density at radius 1 is 1.23 bits per heavy atom. The van der Waals surface area contributed by atoms with E-state index < -0.39 is 18.3 Å². The molecule has 0 spiro atoms. The van der Waals surface area contributed by atoms with Crippen LogP contribution in [0.3, 0.4) is 0 Å². The fraction of sp³-hybridized carbons (Fsp3) is 0.625. The molecule has 1 N–H and O–H groups in total. The second-order valence-electron chi connectivity index (χ2n) is 6.09. The van der Waals surface area contributed by atoms with E-state index in [1.807, 2.05) is 11.9 Å². The van der Waals surface area contributed by atoms with E-state index in [4.69, 9.17) is 9.05 Å². The van der Waals surface area contributed by atoms with Crippen molar-refractivity contribution in [3.63, 3.8) is 0 Å². The largest absolute Gasteiger partial charge is 0.508 e. The van der Waals surface area contributed by atoms with Crippen LogP contribution < -0.4 is 0 Å². The molecule has 10 heteroatoms. The van der Waals surface area contributed by atoms with Crippen LogP contribution in [0.4, 0.5) is 5.69 Å². The highest BCUT2D eigenvalue weighted by Crippen LogP contribution is 2.63. The van der Waals surface area contributed by atoms with E-state index in [1.165, 1.54) is 18.2 Å². The van der Waals surface area contributed by atoms with Crippen molar-refractivity contribution in [2.24, 2.45) is 0 Å². The van der Waals surface area contributed by atoms with Crippen molar-refractivity contribution in [1.29, 1.82) is 0 Å². The van der Waals surface area contributed by atoms with Crippen molar-refractivity contribution in [3.8, 4) is 5.75 Å². The smallest absolute Gasteiger partial charge is 0.352 e. The van der Waals surface area contributed by atoms with Gasteiger partial charge in [0.25, 0.3) is 5.69 Å². The van der Waals surface area contributed by atoms with Crippen LogP contribution in [0.15, 0.2) is 18.2 Å². The van der Waals surface area contributed by atoms with Crippen molar-refractivity contribution >= 4 is 13.3 Å². The number of nitrogens with zero attached hydrogens (tertiary/aromatic N) is 3. The second-order valence-corrected chi connectivity index (χ2v) is 8.17. The maximum Gasteiger partial charge on any atom is 0.352 e. The Kier molecular flexibility index (Phi) is 7.14. The third-order valence-corrected chi connectivity index (χ3v) is 6.74. The van der Waals surface area contributed by atoms with Gasteiger partial charge in [0, 0.05) is 43.9 Å². The van der Waals surface area contributed by atoms with Crippen LogP contribution in [0, 0.1) is 10.1 Å². The van der Waals surface area contributed by atoms with Gasteiger partial charge in [-0.3, -0.25) is 19.6 Å². The highest BCUT2D eigenvalue weighted by Gasteiger charge is 2.43.